The van der Waals surface area contributed by atoms with E-state index in [1.54, 1.807) is 4.90 Å². The van der Waals surface area contributed by atoms with Gasteiger partial charge in [0.15, 0.2) is 0 Å². The number of nitrogen functional groups attached to an aromatic ring is 1. The average Bonchev–Trinajstić information content (AvgIpc) is 2.96. The van der Waals surface area contributed by atoms with Crippen molar-refractivity contribution < 1.29 is 23.8 Å². The summed E-state index contributed by atoms with van der Waals surface area (Å²) in [6.07, 6.45) is -3.21. The summed E-state index contributed by atoms with van der Waals surface area (Å²) in [7, 11) is -1.79. The summed E-state index contributed by atoms with van der Waals surface area (Å²) in [6, 6.07) is 0. The molecule has 4 rings (SSSR count). The Bertz CT molecular complexity index is 738. The number of aromatic amines is 1. The van der Waals surface area contributed by atoms with Crippen LogP contribution < -0.4 is 21.5 Å². The van der Waals surface area contributed by atoms with Crippen molar-refractivity contribution >= 4 is 48.8 Å². The summed E-state index contributed by atoms with van der Waals surface area (Å²) < 4.78 is 16.6. The quantitative estimate of drug-likeness (QED) is 0.145. The average molecular weight is 424 g/mol. The number of aliphatic hydroxyl groups excluding tert-OH is 1. The second-order valence-electron chi connectivity index (χ2n) is 5.88. The van der Waals surface area contributed by atoms with E-state index >= 15 is 0 Å². The van der Waals surface area contributed by atoms with Gasteiger partial charge in [0.25, 0.3) is 0 Å². The molecule has 2 fully saturated rings. The standard InChI is InChI=1S/C10H16BBrN5O6P/c11-24(20)21-1-2-5(23-24)4(18)8(22-2)17-6-3(14-9(17)12)7(19)16-10(13)15-6/h2,4-5,8-9,14,18,20,24H,1,11H2,(H3,13,15,16,19)/t2?,4?,5-,8?,9?/m1/s1. The van der Waals surface area contributed by atoms with E-state index in [4.69, 9.17) is 19.5 Å². The Balaban J connectivity index is 1.67. The first-order chi connectivity index (χ1) is 11.3. The number of nitrogens with two attached hydrogens (primary N) is 1. The molecule has 3 aliphatic rings. The van der Waals surface area contributed by atoms with Crippen molar-refractivity contribution in [1.29, 1.82) is 0 Å². The van der Waals surface area contributed by atoms with E-state index in [9.17, 15) is 14.8 Å². The first kappa shape index (κ1) is 16.5. The zero-order valence-corrected chi connectivity index (χ0v) is 15.1. The summed E-state index contributed by atoms with van der Waals surface area (Å²) in [5, 5.41) is 13.0. The van der Waals surface area contributed by atoms with Crippen LogP contribution in [0.2, 0.25) is 0 Å². The number of hydrogen-bond donors (Lipinski definition) is 5. The third kappa shape index (κ3) is 2.51. The van der Waals surface area contributed by atoms with Gasteiger partial charge in [-0.3, -0.25) is 0 Å². The molecule has 0 aromatic carbocycles. The Kier molecular flexibility index (Phi) is 3.81. The molecule has 0 aliphatic carbocycles. The number of rotatable bonds is 1. The normalized spacial score (nSPS) is 38.3. The van der Waals surface area contributed by atoms with Gasteiger partial charge in [-0.1, -0.05) is 0 Å². The van der Waals surface area contributed by atoms with Crippen molar-refractivity contribution in [3.8, 4) is 0 Å². The summed E-state index contributed by atoms with van der Waals surface area (Å²) >= 11 is 3.38. The molecule has 0 spiro atoms. The number of fused-ring (bicyclic) bond motifs is 2. The maximum atomic E-state index is 12.0. The van der Waals surface area contributed by atoms with E-state index in [1.807, 2.05) is 0 Å². The van der Waals surface area contributed by atoms with Crippen LogP contribution in [0.3, 0.4) is 0 Å². The molecule has 2 saturated heterocycles. The molecule has 3 aliphatic heterocycles. The number of anilines is 3. The molecule has 14 heteroatoms. The number of alkyl halides is 1. The van der Waals surface area contributed by atoms with E-state index in [2.05, 4.69) is 31.2 Å². The first-order valence-electron chi connectivity index (χ1n) is 7.23. The molecular weight excluding hydrogens is 408 g/mol. The third-order valence-corrected chi connectivity index (χ3v) is 6.21. The molecule has 0 bridgehead atoms. The number of nitrogens with one attached hydrogen (secondary N) is 2. The fourth-order valence-corrected chi connectivity index (χ4v) is 5.09. The van der Waals surface area contributed by atoms with Gasteiger partial charge in [-0.05, 0) is 0 Å². The van der Waals surface area contributed by atoms with Crippen LogP contribution in [0.4, 0.5) is 17.5 Å². The Labute approximate surface area is 145 Å². The minimum atomic E-state index is -3.27. The second-order valence-corrected chi connectivity index (χ2v) is 9.07. The van der Waals surface area contributed by atoms with Gasteiger partial charge in [0, 0.05) is 0 Å². The third-order valence-electron chi connectivity index (χ3n) is 4.12. The summed E-state index contributed by atoms with van der Waals surface area (Å²) in [5.74, 6) is 0.206. The molecule has 0 radical (unpaired) electrons. The molecule has 5 atom stereocenters. The Morgan fingerprint density at radius 1 is 1.54 bits per heavy atom. The van der Waals surface area contributed by atoms with Crippen molar-refractivity contribution in [2.75, 3.05) is 22.6 Å². The van der Waals surface area contributed by atoms with Crippen LogP contribution >= 0.6 is 23.8 Å². The molecular formula is C10H16BBrN5O6P. The van der Waals surface area contributed by atoms with Crippen LogP contribution in [-0.2, 0) is 13.8 Å². The fourth-order valence-electron chi connectivity index (χ4n) is 3.09. The van der Waals surface area contributed by atoms with Gasteiger partial charge in [-0.25, -0.2) is 0 Å². The summed E-state index contributed by atoms with van der Waals surface area (Å²) in [6.45, 7) is 0.115. The predicted molar refractivity (Wildman–Crippen MR) is 92.7 cm³/mol. The van der Waals surface area contributed by atoms with Crippen LogP contribution in [0.5, 0.6) is 0 Å². The van der Waals surface area contributed by atoms with Crippen molar-refractivity contribution in [2.24, 2.45) is 0 Å². The summed E-state index contributed by atoms with van der Waals surface area (Å²) in [4.78, 5) is 30.1. The molecule has 1 aromatic rings. The Morgan fingerprint density at radius 2 is 2.29 bits per heavy atom. The van der Waals surface area contributed by atoms with Crippen LogP contribution in [0, 0.1) is 0 Å². The van der Waals surface area contributed by atoms with Gasteiger partial charge in [-0.2, -0.15) is 0 Å². The maximum absolute atomic E-state index is 12.0. The number of nitrogens with zero attached hydrogens (tertiary/aromatic N) is 2. The van der Waals surface area contributed by atoms with Gasteiger partial charge in [0.2, 0.25) is 0 Å². The van der Waals surface area contributed by atoms with Crippen LogP contribution in [0.1, 0.15) is 0 Å². The molecule has 1 aromatic heterocycles. The van der Waals surface area contributed by atoms with E-state index in [0.29, 0.717) is 0 Å². The number of aliphatic hydroxyl groups is 1. The Hall–Kier alpha value is -0.945. The van der Waals surface area contributed by atoms with Crippen LogP contribution in [0.15, 0.2) is 4.79 Å². The van der Waals surface area contributed by atoms with Crippen molar-refractivity contribution in [1.82, 2.24) is 9.97 Å². The summed E-state index contributed by atoms with van der Waals surface area (Å²) in [5.41, 5.74) is 5.40. The molecule has 0 amide bonds. The van der Waals surface area contributed by atoms with E-state index in [-0.39, 0.29) is 24.1 Å². The molecule has 4 unspecified atom stereocenters. The van der Waals surface area contributed by atoms with E-state index in [1.165, 1.54) is 7.57 Å². The van der Waals surface area contributed by atoms with Gasteiger partial charge in [-0.15, -0.1) is 0 Å². The van der Waals surface area contributed by atoms with Gasteiger partial charge in [0.05, 0.1) is 0 Å². The second kappa shape index (κ2) is 5.53. The zero-order chi connectivity index (χ0) is 17.2. The molecule has 132 valence electrons. The Morgan fingerprint density at radius 3 is 3.04 bits per heavy atom. The molecule has 0 saturated carbocycles. The van der Waals surface area contributed by atoms with Crippen LogP contribution in [0.25, 0.3) is 0 Å². The van der Waals surface area contributed by atoms with Crippen molar-refractivity contribution in [3.05, 3.63) is 10.4 Å². The van der Waals surface area contributed by atoms with Crippen LogP contribution in [-0.4, -0.2) is 63.8 Å². The first-order valence-corrected chi connectivity index (χ1v) is 10.4. The predicted octanol–water partition coefficient (Wildman–Crippen LogP) is -2.20. The van der Waals surface area contributed by atoms with Gasteiger partial charge >= 0.3 is 145 Å². The molecule has 4 heterocycles. The molecule has 6 N–H and O–H groups in total. The number of ether oxygens (including phenoxy) is 1. The monoisotopic (exact) mass is 423 g/mol. The molecule has 11 nitrogen and oxygen atoms in total. The van der Waals surface area contributed by atoms with E-state index in [0.717, 1.165) is 0 Å². The van der Waals surface area contributed by atoms with Crippen molar-refractivity contribution in [2.45, 2.75) is 29.6 Å². The van der Waals surface area contributed by atoms with Gasteiger partial charge < -0.3 is 0 Å². The SMILES string of the molecule is B[PH]1(O)OCC2OC(N3c4nc(N)[nH]c(=O)c4NC3Br)C(O)[C@@H]2O1. The minimum absolute atomic E-state index is 0.0491. The molecule has 24 heavy (non-hydrogen) atoms. The fraction of sp³-hybridized carbons (Fsp3) is 0.600. The number of aromatic nitrogens is 2. The number of H-pyrrole nitrogens is 1. The number of hydrogen-bond acceptors (Lipinski definition) is 10. The van der Waals surface area contributed by atoms with E-state index < -0.39 is 43.0 Å². The topological polar surface area (TPSA) is 155 Å². The number of halogens is 1. The zero-order valence-electron chi connectivity index (χ0n) is 12.5. The van der Waals surface area contributed by atoms with Crippen molar-refractivity contribution in [3.63, 3.8) is 0 Å². The van der Waals surface area contributed by atoms with Gasteiger partial charge in [0.1, 0.15) is 0 Å².